The van der Waals surface area contributed by atoms with Gasteiger partial charge in [0.05, 0.1) is 0 Å². The van der Waals surface area contributed by atoms with E-state index in [0.717, 1.165) is 12.0 Å². The predicted molar refractivity (Wildman–Crippen MR) is 102 cm³/mol. The summed E-state index contributed by atoms with van der Waals surface area (Å²) < 4.78 is 13.0. The summed E-state index contributed by atoms with van der Waals surface area (Å²) in [5, 5.41) is 2.87. The third kappa shape index (κ3) is 5.29. The lowest BCUT2D eigenvalue weighted by molar-refractivity contribution is -0.121. The minimum atomic E-state index is -0.296. The quantitative estimate of drug-likeness (QED) is 0.816. The van der Waals surface area contributed by atoms with Crippen molar-refractivity contribution in [2.45, 2.75) is 19.9 Å². The number of nitrogens with one attached hydrogen (secondary N) is 1. The third-order valence-electron chi connectivity index (χ3n) is 4.66. The number of aryl methyl sites for hydroxylation is 1. The average molecular weight is 369 g/mol. The Balaban J connectivity index is 1.42. The van der Waals surface area contributed by atoms with Gasteiger partial charge < -0.3 is 15.1 Å². The molecule has 1 fully saturated rings. The molecule has 0 radical (unpaired) electrons. The normalized spacial score (nSPS) is 13.9. The molecule has 27 heavy (non-hydrogen) atoms. The van der Waals surface area contributed by atoms with E-state index in [4.69, 9.17) is 0 Å². The fourth-order valence-corrected chi connectivity index (χ4v) is 3.07. The first-order valence-corrected chi connectivity index (χ1v) is 9.12. The van der Waals surface area contributed by atoms with Gasteiger partial charge in [-0.1, -0.05) is 42.0 Å². The molecule has 1 N–H and O–H groups in total. The topological polar surface area (TPSA) is 52.7 Å². The first-order valence-electron chi connectivity index (χ1n) is 9.12. The molecule has 1 aliphatic rings. The molecule has 1 heterocycles. The van der Waals surface area contributed by atoms with Crippen LogP contribution in [-0.4, -0.2) is 47.9 Å². The molecule has 0 spiro atoms. The van der Waals surface area contributed by atoms with Gasteiger partial charge in [-0.3, -0.25) is 4.79 Å². The summed E-state index contributed by atoms with van der Waals surface area (Å²) >= 11 is 0. The Kier molecular flexibility index (Phi) is 6.06. The summed E-state index contributed by atoms with van der Waals surface area (Å²) in [6.07, 6.45) is 0.761. The van der Waals surface area contributed by atoms with Gasteiger partial charge >= 0.3 is 6.03 Å². The number of amides is 3. The molecule has 2 aromatic carbocycles. The number of carbonyl (C=O) groups excluding carboxylic acids is 2. The van der Waals surface area contributed by atoms with Crippen molar-refractivity contribution in [3.8, 4) is 0 Å². The van der Waals surface area contributed by atoms with E-state index in [1.807, 2.05) is 6.92 Å². The number of nitrogens with zero attached hydrogens (tertiary/aromatic N) is 2. The number of urea groups is 1. The lowest BCUT2D eigenvalue weighted by Gasteiger charge is -2.18. The van der Waals surface area contributed by atoms with Gasteiger partial charge in [0.25, 0.3) is 0 Å². The van der Waals surface area contributed by atoms with Crippen LogP contribution in [0.1, 0.15) is 16.7 Å². The second kappa shape index (κ2) is 8.66. The Morgan fingerprint density at radius 3 is 2.33 bits per heavy atom. The van der Waals surface area contributed by atoms with E-state index in [1.54, 1.807) is 21.9 Å². The molecular weight excluding hydrogens is 345 g/mol. The van der Waals surface area contributed by atoms with Crippen molar-refractivity contribution >= 4 is 11.9 Å². The number of carbonyl (C=O) groups is 2. The van der Waals surface area contributed by atoms with Crippen LogP contribution in [0.5, 0.6) is 0 Å². The van der Waals surface area contributed by atoms with E-state index in [1.165, 1.54) is 23.3 Å². The van der Waals surface area contributed by atoms with Crippen molar-refractivity contribution in [1.29, 1.82) is 0 Å². The molecule has 0 bridgehead atoms. The monoisotopic (exact) mass is 369 g/mol. The summed E-state index contributed by atoms with van der Waals surface area (Å²) in [4.78, 5) is 27.8. The Bertz CT molecular complexity index is 790. The van der Waals surface area contributed by atoms with Gasteiger partial charge in [-0.2, -0.15) is 0 Å². The van der Waals surface area contributed by atoms with Crippen molar-refractivity contribution in [2.75, 3.05) is 26.2 Å². The van der Waals surface area contributed by atoms with E-state index in [9.17, 15) is 14.0 Å². The number of hydrogen-bond donors (Lipinski definition) is 1. The number of halogens is 1. The van der Waals surface area contributed by atoms with Gasteiger partial charge in [-0.25, -0.2) is 9.18 Å². The second-order valence-electron chi connectivity index (χ2n) is 6.84. The molecule has 0 saturated carbocycles. The minimum absolute atomic E-state index is 0.0622. The predicted octanol–water partition coefficient (Wildman–Crippen LogP) is 2.73. The van der Waals surface area contributed by atoms with Crippen molar-refractivity contribution < 1.29 is 14.0 Å². The lowest BCUT2D eigenvalue weighted by atomic mass is 10.1. The molecular formula is C21H24FN3O2. The average Bonchev–Trinajstić information content (AvgIpc) is 2.98. The maximum atomic E-state index is 13.0. The second-order valence-corrected chi connectivity index (χ2v) is 6.84. The Morgan fingerprint density at radius 2 is 1.63 bits per heavy atom. The van der Waals surface area contributed by atoms with Crippen LogP contribution >= 0.6 is 0 Å². The summed E-state index contributed by atoms with van der Waals surface area (Å²) in [5.74, 6) is -0.450. The molecule has 1 aliphatic heterocycles. The summed E-state index contributed by atoms with van der Waals surface area (Å²) in [5.41, 5.74) is 3.25. The van der Waals surface area contributed by atoms with Crippen LogP contribution in [0.25, 0.3) is 0 Å². The molecule has 5 nitrogen and oxygen atoms in total. The number of benzene rings is 2. The highest BCUT2D eigenvalue weighted by molar-refractivity contribution is 5.85. The molecule has 3 rings (SSSR count). The van der Waals surface area contributed by atoms with E-state index in [2.05, 4.69) is 29.6 Å². The Morgan fingerprint density at radius 1 is 1.00 bits per heavy atom. The van der Waals surface area contributed by atoms with Crippen LogP contribution < -0.4 is 5.32 Å². The van der Waals surface area contributed by atoms with Crippen LogP contribution in [0.2, 0.25) is 0 Å². The highest BCUT2D eigenvalue weighted by Crippen LogP contribution is 2.13. The largest absolute Gasteiger partial charge is 0.354 e. The summed E-state index contributed by atoms with van der Waals surface area (Å²) in [6.45, 7) is 4.15. The molecule has 142 valence electrons. The smallest absolute Gasteiger partial charge is 0.320 e. The van der Waals surface area contributed by atoms with E-state index in [0.29, 0.717) is 26.2 Å². The van der Waals surface area contributed by atoms with Crippen LogP contribution in [0.15, 0.2) is 48.5 Å². The Hall–Kier alpha value is -2.89. The van der Waals surface area contributed by atoms with Crippen LogP contribution in [0.3, 0.4) is 0 Å². The molecule has 0 aromatic heterocycles. The molecule has 0 unspecified atom stereocenters. The molecule has 0 aliphatic carbocycles. The van der Waals surface area contributed by atoms with Crippen LogP contribution in [0, 0.1) is 12.7 Å². The van der Waals surface area contributed by atoms with Gasteiger partial charge in [-0.05, 0) is 36.6 Å². The fourth-order valence-electron chi connectivity index (χ4n) is 3.07. The Labute approximate surface area is 158 Å². The molecule has 2 aromatic rings. The molecule has 6 heteroatoms. The molecule has 0 atom stereocenters. The highest BCUT2D eigenvalue weighted by Gasteiger charge is 2.29. The van der Waals surface area contributed by atoms with Crippen LogP contribution in [-0.2, 0) is 17.8 Å². The first kappa shape index (κ1) is 18.9. The maximum absolute atomic E-state index is 13.0. The zero-order chi connectivity index (χ0) is 19.2. The van der Waals surface area contributed by atoms with Gasteiger partial charge in [0, 0.05) is 26.2 Å². The van der Waals surface area contributed by atoms with Crippen molar-refractivity contribution in [3.63, 3.8) is 0 Å². The van der Waals surface area contributed by atoms with Crippen LogP contribution in [0.4, 0.5) is 9.18 Å². The van der Waals surface area contributed by atoms with Crippen molar-refractivity contribution in [1.82, 2.24) is 15.1 Å². The van der Waals surface area contributed by atoms with Gasteiger partial charge in [0.1, 0.15) is 12.4 Å². The zero-order valence-corrected chi connectivity index (χ0v) is 15.5. The van der Waals surface area contributed by atoms with Gasteiger partial charge in [0.15, 0.2) is 0 Å². The molecule has 1 saturated heterocycles. The van der Waals surface area contributed by atoms with E-state index in [-0.39, 0.29) is 24.3 Å². The SMILES string of the molecule is Cc1ccc(CCNC(=O)CN2CCN(Cc3ccc(F)cc3)C2=O)cc1. The van der Waals surface area contributed by atoms with E-state index >= 15 is 0 Å². The highest BCUT2D eigenvalue weighted by atomic mass is 19.1. The number of hydrogen-bond acceptors (Lipinski definition) is 2. The van der Waals surface area contributed by atoms with E-state index < -0.39 is 0 Å². The van der Waals surface area contributed by atoms with Gasteiger partial charge in [0.2, 0.25) is 5.91 Å². The van der Waals surface area contributed by atoms with Crippen molar-refractivity contribution in [2.24, 2.45) is 0 Å². The van der Waals surface area contributed by atoms with Gasteiger partial charge in [-0.15, -0.1) is 0 Å². The maximum Gasteiger partial charge on any atom is 0.320 e. The first-order chi connectivity index (χ1) is 13.0. The lowest BCUT2D eigenvalue weighted by Crippen LogP contribution is -2.40. The third-order valence-corrected chi connectivity index (χ3v) is 4.66. The van der Waals surface area contributed by atoms with Crippen molar-refractivity contribution in [3.05, 3.63) is 71.0 Å². The standard InChI is InChI=1S/C21H24FN3O2/c1-16-2-4-17(5-3-16)10-11-23-20(26)15-25-13-12-24(21(25)27)14-18-6-8-19(22)9-7-18/h2-9H,10-15H2,1H3,(H,23,26). The summed E-state index contributed by atoms with van der Waals surface area (Å²) in [7, 11) is 0. The summed E-state index contributed by atoms with van der Waals surface area (Å²) in [6, 6.07) is 14.2. The number of rotatable bonds is 7. The minimum Gasteiger partial charge on any atom is -0.354 e. The zero-order valence-electron chi connectivity index (χ0n) is 15.5. The molecule has 3 amide bonds. The fraction of sp³-hybridized carbons (Fsp3) is 0.333.